The van der Waals surface area contributed by atoms with E-state index in [9.17, 15) is 4.79 Å². The standard InChI is InChI=1S/C15H14N4O/c1-19(11-5-3-2-4-6-11)15-17-13-8-7-10(16)9-12(13)14(20)18-15/h2-9H,16H2,1H3,(H,17,18,20). The molecule has 1 heterocycles. The maximum Gasteiger partial charge on any atom is 0.260 e. The number of para-hydroxylation sites is 1. The number of anilines is 3. The lowest BCUT2D eigenvalue weighted by Crippen LogP contribution is -2.18. The molecular weight excluding hydrogens is 252 g/mol. The summed E-state index contributed by atoms with van der Waals surface area (Å²) in [6, 6.07) is 14.8. The molecule has 3 N–H and O–H groups in total. The van der Waals surface area contributed by atoms with E-state index in [1.54, 1.807) is 18.2 Å². The molecule has 5 nitrogen and oxygen atoms in total. The summed E-state index contributed by atoms with van der Waals surface area (Å²) in [7, 11) is 1.86. The molecule has 2 aromatic carbocycles. The van der Waals surface area contributed by atoms with Gasteiger partial charge >= 0.3 is 0 Å². The number of hydrogen-bond donors (Lipinski definition) is 2. The normalized spacial score (nSPS) is 10.7. The van der Waals surface area contributed by atoms with Crippen molar-refractivity contribution in [1.29, 1.82) is 0 Å². The van der Waals surface area contributed by atoms with Gasteiger partial charge in [-0.15, -0.1) is 0 Å². The van der Waals surface area contributed by atoms with Crippen LogP contribution in [0.2, 0.25) is 0 Å². The van der Waals surface area contributed by atoms with Crippen molar-refractivity contribution in [2.24, 2.45) is 0 Å². The van der Waals surface area contributed by atoms with E-state index in [4.69, 9.17) is 5.73 Å². The van der Waals surface area contributed by atoms with Crippen LogP contribution in [0.3, 0.4) is 0 Å². The minimum Gasteiger partial charge on any atom is -0.399 e. The van der Waals surface area contributed by atoms with Crippen molar-refractivity contribution >= 4 is 28.2 Å². The van der Waals surface area contributed by atoms with E-state index >= 15 is 0 Å². The summed E-state index contributed by atoms with van der Waals surface area (Å²) in [5, 5.41) is 0.496. The van der Waals surface area contributed by atoms with Gasteiger partial charge in [-0.1, -0.05) is 18.2 Å². The van der Waals surface area contributed by atoms with E-state index in [0.717, 1.165) is 5.69 Å². The molecule has 0 amide bonds. The van der Waals surface area contributed by atoms with Crippen molar-refractivity contribution in [1.82, 2.24) is 9.97 Å². The Morgan fingerprint density at radius 2 is 1.90 bits per heavy atom. The second-order valence-corrected chi connectivity index (χ2v) is 4.56. The first-order valence-electron chi connectivity index (χ1n) is 6.23. The van der Waals surface area contributed by atoms with E-state index in [1.165, 1.54) is 0 Å². The van der Waals surface area contributed by atoms with Gasteiger partial charge in [-0.2, -0.15) is 0 Å². The van der Waals surface area contributed by atoms with Gasteiger partial charge in [-0.25, -0.2) is 4.98 Å². The number of H-pyrrole nitrogens is 1. The largest absolute Gasteiger partial charge is 0.399 e. The molecule has 0 radical (unpaired) electrons. The van der Waals surface area contributed by atoms with Gasteiger partial charge in [0.2, 0.25) is 5.95 Å². The first kappa shape index (κ1) is 12.2. The second-order valence-electron chi connectivity index (χ2n) is 4.56. The first-order chi connectivity index (χ1) is 9.65. The van der Waals surface area contributed by atoms with Crippen LogP contribution in [-0.2, 0) is 0 Å². The van der Waals surface area contributed by atoms with Crippen LogP contribution in [0, 0.1) is 0 Å². The maximum atomic E-state index is 12.1. The van der Waals surface area contributed by atoms with Crippen LogP contribution < -0.4 is 16.2 Å². The van der Waals surface area contributed by atoms with Gasteiger partial charge in [0, 0.05) is 18.4 Å². The summed E-state index contributed by atoms with van der Waals surface area (Å²) in [4.78, 5) is 21.2. The third-order valence-electron chi connectivity index (χ3n) is 3.18. The van der Waals surface area contributed by atoms with Crippen LogP contribution >= 0.6 is 0 Å². The number of aromatic nitrogens is 2. The van der Waals surface area contributed by atoms with Crippen LogP contribution in [0.5, 0.6) is 0 Å². The molecule has 0 saturated heterocycles. The fourth-order valence-electron chi connectivity index (χ4n) is 2.08. The number of hydrogen-bond acceptors (Lipinski definition) is 4. The highest BCUT2D eigenvalue weighted by atomic mass is 16.1. The van der Waals surface area contributed by atoms with Crippen LogP contribution in [0.25, 0.3) is 10.9 Å². The molecular formula is C15H14N4O. The van der Waals surface area contributed by atoms with Crippen molar-refractivity contribution in [3.63, 3.8) is 0 Å². The highest BCUT2D eigenvalue weighted by Gasteiger charge is 2.09. The summed E-state index contributed by atoms with van der Waals surface area (Å²) < 4.78 is 0. The van der Waals surface area contributed by atoms with Crippen molar-refractivity contribution in [3.8, 4) is 0 Å². The zero-order valence-corrected chi connectivity index (χ0v) is 11.0. The van der Waals surface area contributed by atoms with E-state index < -0.39 is 0 Å². The summed E-state index contributed by atoms with van der Waals surface area (Å²) in [6.45, 7) is 0. The fourth-order valence-corrected chi connectivity index (χ4v) is 2.08. The molecule has 0 aliphatic rings. The molecule has 0 spiro atoms. The van der Waals surface area contributed by atoms with Gasteiger partial charge in [0.1, 0.15) is 0 Å². The predicted octanol–water partition coefficient (Wildman–Crippen LogP) is 2.27. The van der Waals surface area contributed by atoms with Gasteiger partial charge in [0.15, 0.2) is 0 Å². The Hall–Kier alpha value is -2.82. The Balaban J connectivity index is 2.14. The summed E-state index contributed by atoms with van der Waals surface area (Å²) in [5.41, 5.74) is 7.62. The quantitative estimate of drug-likeness (QED) is 0.698. The van der Waals surface area contributed by atoms with E-state index in [1.807, 2.05) is 42.3 Å². The summed E-state index contributed by atoms with van der Waals surface area (Å²) >= 11 is 0. The van der Waals surface area contributed by atoms with Crippen molar-refractivity contribution in [2.75, 3.05) is 17.7 Å². The Kier molecular flexibility index (Phi) is 2.87. The molecule has 3 rings (SSSR count). The van der Waals surface area contributed by atoms with Gasteiger partial charge in [-0.3, -0.25) is 9.78 Å². The average Bonchev–Trinajstić information content (AvgIpc) is 2.48. The monoisotopic (exact) mass is 266 g/mol. The number of nitrogens with two attached hydrogens (primary N) is 1. The average molecular weight is 266 g/mol. The number of nitrogens with zero attached hydrogens (tertiary/aromatic N) is 2. The number of nitrogens with one attached hydrogen (secondary N) is 1. The topological polar surface area (TPSA) is 75.0 Å². The summed E-state index contributed by atoms with van der Waals surface area (Å²) in [5.74, 6) is 0.499. The Morgan fingerprint density at radius 1 is 1.15 bits per heavy atom. The number of fused-ring (bicyclic) bond motifs is 1. The molecule has 0 unspecified atom stereocenters. The van der Waals surface area contributed by atoms with Crippen molar-refractivity contribution < 1.29 is 0 Å². The molecule has 0 bridgehead atoms. The molecule has 3 aromatic rings. The van der Waals surface area contributed by atoms with Gasteiger partial charge < -0.3 is 10.6 Å². The van der Waals surface area contributed by atoms with E-state index in [2.05, 4.69) is 9.97 Å². The highest BCUT2D eigenvalue weighted by Crippen LogP contribution is 2.20. The number of aromatic amines is 1. The molecule has 1 aromatic heterocycles. The number of benzene rings is 2. The van der Waals surface area contributed by atoms with Gasteiger partial charge in [-0.05, 0) is 30.3 Å². The van der Waals surface area contributed by atoms with Crippen molar-refractivity contribution in [3.05, 3.63) is 58.9 Å². The zero-order chi connectivity index (χ0) is 14.1. The predicted molar refractivity (Wildman–Crippen MR) is 81.3 cm³/mol. The third-order valence-corrected chi connectivity index (χ3v) is 3.18. The van der Waals surface area contributed by atoms with Gasteiger partial charge in [0.25, 0.3) is 5.56 Å². The lowest BCUT2D eigenvalue weighted by molar-refractivity contribution is 1.05. The molecule has 20 heavy (non-hydrogen) atoms. The van der Waals surface area contributed by atoms with Crippen LogP contribution in [0.15, 0.2) is 53.3 Å². The minimum atomic E-state index is -0.194. The van der Waals surface area contributed by atoms with Crippen LogP contribution in [0.4, 0.5) is 17.3 Å². The molecule has 0 fully saturated rings. The van der Waals surface area contributed by atoms with Crippen molar-refractivity contribution in [2.45, 2.75) is 0 Å². The molecule has 0 aliphatic heterocycles. The number of rotatable bonds is 2. The van der Waals surface area contributed by atoms with Gasteiger partial charge in [0.05, 0.1) is 10.9 Å². The molecule has 0 aliphatic carbocycles. The van der Waals surface area contributed by atoms with Crippen LogP contribution in [-0.4, -0.2) is 17.0 Å². The Morgan fingerprint density at radius 3 is 2.65 bits per heavy atom. The first-order valence-corrected chi connectivity index (χ1v) is 6.23. The zero-order valence-electron chi connectivity index (χ0n) is 11.0. The molecule has 0 saturated carbocycles. The lowest BCUT2D eigenvalue weighted by atomic mass is 10.2. The summed E-state index contributed by atoms with van der Waals surface area (Å²) in [6.07, 6.45) is 0. The molecule has 0 atom stereocenters. The fraction of sp³-hybridized carbons (Fsp3) is 0.0667. The lowest BCUT2D eigenvalue weighted by Gasteiger charge is -2.17. The Bertz CT molecular complexity index is 811. The van der Waals surface area contributed by atoms with E-state index in [-0.39, 0.29) is 5.56 Å². The molecule has 100 valence electrons. The second kappa shape index (κ2) is 4.70. The highest BCUT2D eigenvalue weighted by molar-refractivity contribution is 5.82. The SMILES string of the molecule is CN(c1ccccc1)c1nc2ccc(N)cc2c(=O)[nH]1. The maximum absolute atomic E-state index is 12.1. The van der Waals surface area contributed by atoms with Crippen LogP contribution in [0.1, 0.15) is 0 Å². The molecule has 5 heteroatoms. The number of nitrogen functional groups attached to an aromatic ring is 1. The van der Waals surface area contributed by atoms with E-state index in [0.29, 0.717) is 22.5 Å². The smallest absolute Gasteiger partial charge is 0.260 e. The minimum absolute atomic E-state index is 0.194. The third kappa shape index (κ3) is 2.09. The Labute approximate surface area is 115 Å².